The second kappa shape index (κ2) is 7.12. The molecular weight excluding hydrogens is 361 g/mol. The summed E-state index contributed by atoms with van der Waals surface area (Å²) in [7, 11) is -3.29. The Morgan fingerprint density at radius 1 is 1.31 bits per heavy atom. The van der Waals surface area contributed by atoms with E-state index < -0.39 is 15.9 Å². The van der Waals surface area contributed by atoms with E-state index in [0.29, 0.717) is 30.9 Å². The fourth-order valence-corrected chi connectivity index (χ4v) is 3.84. The van der Waals surface area contributed by atoms with E-state index in [1.165, 1.54) is 21.1 Å². The first-order valence-corrected chi connectivity index (χ1v) is 10.0. The molecule has 26 heavy (non-hydrogen) atoms. The molecule has 1 atom stereocenters. The van der Waals surface area contributed by atoms with E-state index in [2.05, 4.69) is 15.4 Å². The van der Waals surface area contributed by atoms with E-state index >= 15 is 0 Å². The Bertz CT molecular complexity index is 910. The summed E-state index contributed by atoms with van der Waals surface area (Å²) in [5, 5.41) is 6.98. The Balaban J connectivity index is 1.72. The van der Waals surface area contributed by atoms with Crippen LogP contribution in [-0.2, 0) is 10.0 Å². The second-order valence-corrected chi connectivity index (χ2v) is 8.29. The standard InChI is InChI=1S/C16H20FN5O3S/c1-11-18-15(20-22(11)14-7-5-12(17)6-8-14)16(23)19-13-4-3-9-21(10-13)26(2,24)25/h5-8,13H,3-4,9-10H2,1-2H3,(H,19,23). The van der Waals surface area contributed by atoms with Crippen molar-refractivity contribution in [3.05, 3.63) is 41.7 Å². The van der Waals surface area contributed by atoms with Gasteiger partial charge in [-0.05, 0) is 44.0 Å². The fourth-order valence-electron chi connectivity index (χ4n) is 2.92. The zero-order chi connectivity index (χ0) is 18.9. The van der Waals surface area contributed by atoms with Crippen molar-refractivity contribution in [3.63, 3.8) is 0 Å². The molecule has 1 aromatic heterocycles. The third-order valence-corrected chi connectivity index (χ3v) is 5.50. The lowest BCUT2D eigenvalue weighted by atomic mass is 10.1. The Morgan fingerprint density at radius 3 is 2.65 bits per heavy atom. The van der Waals surface area contributed by atoms with Crippen molar-refractivity contribution < 1.29 is 17.6 Å². The molecule has 1 N–H and O–H groups in total. The monoisotopic (exact) mass is 381 g/mol. The summed E-state index contributed by atoms with van der Waals surface area (Å²) in [6.07, 6.45) is 2.52. The van der Waals surface area contributed by atoms with E-state index in [0.717, 1.165) is 6.26 Å². The van der Waals surface area contributed by atoms with Gasteiger partial charge in [0.2, 0.25) is 15.8 Å². The van der Waals surface area contributed by atoms with Crippen LogP contribution in [0.25, 0.3) is 5.69 Å². The molecule has 1 aromatic carbocycles. The van der Waals surface area contributed by atoms with Crippen LogP contribution in [0.5, 0.6) is 0 Å². The number of carbonyl (C=O) groups excluding carboxylic acids is 1. The zero-order valence-corrected chi connectivity index (χ0v) is 15.3. The summed E-state index contributed by atoms with van der Waals surface area (Å²) in [6.45, 7) is 2.39. The second-order valence-electron chi connectivity index (χ2n) is 6.30. The van der Waals surface area contributed by atoms with Gasteiger partial charge in [0.25, 0.3) is 5.91 Å². The number of nitrogens with one attached hydrogen (secondary N) is 1. The number of aryl methyl sites for hydroxylation is 1. The summed E-state index contributed by atoms with van der Waals surface area (Å²) >= 11 is 0. The van der Waals surface area contributed by atoms with Crippen LogP contribution < -0.4 is 5.32 Å². The Labute approximate surface area is 151 Å². The average Bonchev–Trinajstić information content (AvgIpc) is 2.97. The first kappa shape index (κ1) is 18.5. The summed E-state index contributed by atoms with van der Waals surface area (Å²) in [5.74, 6) is -0.349. The zero-order valence-electron chi connectivity index (χ0n) is 14.5. The lowest BCUT2D eigenvalue weighted by Gasteiger charge is -2.31. The van der Waals surface area contributed by atoms with Crippen molar-refractivity contribution in [3.8, 4) is 5.69 Å². The number of hydrogen-bond donors (Lipinski definition) is 1. The molecule has 1 saturated heterocycles. The molecule has 140 valence electrons. The molecule has 0 aliphatic carbocycles. The molecule has 2 heterocycles. The molecule has 10 heteroatoms. The van der Waals surface area contributed by atoms with Gasteiger partial charge in [0.05, 0.1) is 11.9 Å². The van der Waals surface area contributed by atoms with Gasteiger partial charge >= 0.3 is 0 Å². The molecule has 0 radical (unpaired) electrons. The molecule has 1 aliphatic heterocycles. The van der Waals surface area contributed by atoms with Crippen molar-refractivity contribution in [2.45, 2.75) is 25.8 Å². The lowest BCUT2D eigenvalue weighted by Crippen LogP contribution is -2.49. The van der Waals surface area contributed by atoms with Crippen LogP contribution in [0.2, 0.25) is 0 Å². The van der Waals surface area contributed by atoms with Gasteiger partial charge in [-0.3, -0.25) is 4.79 Å². The van der Waals surface area contributed by atoms with E-state index in [-0.39, 0.29) is 24.2 Å². The molecule has 8 nitrogen and oxygen atoms in total. The number of piperidine rings is 1. The first-order chi connectivity index (χ1) is 12.2. The van der Waals surface area contributed by atoms with Crippen LogP contribution in [0.1, 0.15) is 29.3 Å². The van der Waals surface area contributed by atoms with E-state index in [1.54, 1.807) is 19.1 Å². The van der Waals surface area contributed by atoms with Gasteiger partial charge < -0.3 is 5.32 Å². The normalized spacial score (nSPS) is 18.7. The van der Waals surface area contributed by atoms with Crippen LogP contribution in [0.4, 0.5) is 4.39 Å². The molecular formula is C16H20FN5O3S. The Kier molecular flexibility index (Phi) is 5.05. The Hall–Kier alpha value is -2.33. The van der Waals surface area contributed by atoms with E-state index in [9.17, 15) is 17.6 Å². The Morgan fingerprint density at radius 2 is 2.00 bits per heavy atom. The molecule has 0 bridgehead atoms. The smallest absolute Gasteiger partial charge is 0.291 e. The van der Waals surface area contributed by atoms with Gasteiger partial charge in [0, 0.05) is 19.1 Å². The number of sulfonamides is 1. The maximum atomic E-state index is 13.1. The number of nitrogens with zero attached hydrogens (tertiary/aromatic N) is 4. The van der Waals surface area contributed by atoms with Crippen LogP contribution >= 0.6 is 0 Å². The highest BCUT2D eigenvalue weighted by atomic mass is 32.2. The van der Waals surface area contributed by atoms with Gasteiger partial charge in [-0.25, -0.2) is 26.8 Å². The third-order valence-electron chi connectivity index (χ3n) is 4.23. The summed E-state index contributed by atoms with van der Waals surface area (Å²) < 4.78 is 39.2. The minimum Gasteiger partial charge on any atom is -0.345 e. The predicted molar refractivity (Wildman–Crippen MR) is 93.0 cm³/mol. The number of halogens is 1. The summed E-state index contributed by atoms with van der Waals surface area (Å²) in [5.41, 5.74) is 0.594. The third kappa shape index (κ3) is 4.07. The molecule has 1 unspecified atom stereocenters. The van der Waals surface area contributed by atoms with Gasteiger partial charge in [0.1, 0.15) is 11.6 Å². The van der Waals surface area contributed by atoms with Crippen molar-refractivity contribution in [1.82, 2.24) is 24.4 Å². The highest BCUT2D eigenvalue weighted by Crippen LogP contribution is 2.14. The van der Waals surface area contributed by atoms with Crippen molar-refractivity contribution in [2.24, 2.45) is 0 Å². The fraction of sp³-hybridized carbons (Fsp3) is 0.438. The molecule has 2 aromatic rings. The minimum atomic E-state index is -3.29. The quantitative estimate of drug-likeness (QED) is 0.848. The van der Waals surface area contributed by atoms with Gasteiger partial charge in [-0.1, -0.05) is 0 Å². The van der Waals surface area contributed by atoms with Gasteiger partial charge in [-0.2, -0.15) is 0 Å². The van der Waals surface area contributed by atoms with Crippen LogP contribution in [0, 0.1) is 12.7 Å². The number of aromatic nitrogens is 3. The predicted octanol–water partition coefficient (Wildman–Crippen LogP) is 0.869. The van der Waals surface area contributed by atoms with Crippen molar-refractivity contribution in [1.29, 1.82) is 0 Å². The molecule has 0 saturated carbocycles. The van der Waals surface area contributed by atoms with E-state index in [4.69, 9.17) is 0 Å². The maximum Gasteiger partial charge on any atom is 0.291 e. The van der Waals surface area contributed by atoms with Crippen molar-refractivity contribution in [2.75, 3.05) is 19.3 Å². The first-order valence-electron chi connectivity index (χ1n) is 8.19. The number of rotatable bonds is 4. The number of carbonyl (C=O) groups is 1. The summed E-state index contributed by atoms with van der Waals surface area (Å²) in [4.78, 5) is 16.6. The molecule has 1 amide bonds. The maximum absolute atomic E-state index is 13.1. The van der Waals surface area contributed by atoms with Crippen LogP contribution in [-0.4, -0.2) is 58.8 Å². The number of hydrogen-bond acceptors (Lipinski definition) is 5. The van der Waals surface area contributed by atoms with Gasteiger partial charge in [-0.15, -0.1) is 5.10 Å². The van der Waals surface area contributed by atoms with Gasteiger partial charge in [0.15, 0.2) is 0 Å². The van der Waals surface area contributed by atoms with Crippen molar-refractivity contribution >= 4 is 15.9 Å². The topological polar surface area (TPSA) is 97.2 Å². The highest BCUT2D eigenvalue weighted by molar-refractivity contribution is 7.88. The minimum absolute atomic E-state index is 0.0108. The van der Waals surface area contributed by atoms with Crippen LogP contribution in [0.3, 0.4) is 0 Å². The number of amides is 1. The summed E-state index contributed by atoms with van der Waals surface area (Å²) in [6, 6.07) is 5.41. The average molecular weight is 381 g/mol. The number of benzene rings is 1. The molecule has 1 fully saturated rings. The highest BCUT2D eigenvalue weighted by Gasteiger charge is 2.28. The van der Waals surface area contributed by atoms with Crippen LogP contribution in [0.15, 0.2) is 24.3 Å². The lowest BCUT2D eigenvalue weighted by molar-refractivity contribution is 0.0911. The molecule has 0 spiro atoms. The molecule has 1 aliphatic rings. The largest absolute Gasteiger partial charge is 0.345 e. The molecule has 3 rings (SSSR count). The SMILES string of the molecule is Cc1nc(C(=O)NC2CCCN(S(C)(=O)=O)C2)nn1-c1ccc(F)cc1. The van der Waals surface area contributed by atoms with E-state index in [1.807, 2.05) is 0 Å².